The number of pyridine rings is 1. The molecule has 2 N–H and O–H groups in total. The van der Waals surface area contributed by atoms with Crippen LogP contribution in [0.4, 0.5) is 5.82 Å². The monoisotopic (exact) mass is 685 g/mol. The minimum atomic E-state index is -0.143. The summed E-state index contributed by atoms with van der Waals surface area (Å²) in [6.45, 7) is 7.43. The molecule has 10 nitrogen and oxygen atoms in total. The quantitative estimate of drug-likeness (QED) is 0.185. The van der Waals surface area contributed by atoms with Gasteiger partial charge in [0.05, 0.1) is 13.3 Å². The highest BCUT2D eigenvalue weighted by Crippen LogP contribution is 2.58. The summed E-state index contributed by atoms with van der Waals surface area (Å²) in [5, 5.41) is 16.6. The molecule has 0 unspecified atom stereocenters. The van der Waals surface area contributed by atoms with Gasteiger partial charge in [0, 0.05) is 55.7 Å². The average molecular weight is 686 g/mol. The summed E-state index contributed by atoms with van der Waals surface area (Å²) in [6.07, 6.45) is 15.9. The van der Waals surface area contributed by atoms with Crippen LogP contribution in [-0.4, -0.2) is 71.2 Å². The molecule has 0 radical (unpaired) electrons. The van der Waals surface area contributed by atoms with Crippen LogP contribution >= 0.6 is 0 Å². The number of anilines is 1. The van der Waals surface area contributed by atoms with Crippen LogP contribution in [0.15, 0.2) is 48.9 Å². The van der Waals surface area contributed by atoms with Gasteiger partial charge >= 0.3 is 0 Å². The van der Waals surface area contributed by atoms with E-state index in [1.807, 2.05) is 28.0 Å². The Morgan fingerprint density at radius 3 is 2.42 bits per heavy atom. The van der Waals surface area contributed by atoms with E-state index in [-0.39, 0.29) is 53.9 Å². The second-order valence-electron chi connectivity index (χ2n) is 15.3. The summed E-state index contributed by atoms with van der Waals surface area (Å²) in [7, 11) is 1.73. The van der Waals surface area contributed by atoms with Gasteiger partial charge in [-0.25, -0.2) is 4.98 Å². The summed E-state index contributed by atoms with van der Waals surface area (Å²) >= 11 is 0. The molecule has 2 heterocycles. The van der Waals surface area contributed by atoms with Gasteiger partial charge in [-0.3, -0.25) is 19.2 Å². The Kier molecular flexibility index (Phi) is 11.3. The number of hydrogen-bond donors (Lipinski definition) is 2. The van der Waals surface area contributed by atoms with E-state index in [0.29, 0.717) is 25.4 Å². The third-order valence-electron chi connectivity index (χ3n) is 11.8. The van der Waals surface area contributed by atoms with E-state index in [0.717, 1.165) is 81.1 Å². The number of aliphatic hydroxyl groups excluding tert-OH is 1. The number of methoxy groups -OCH3 is 1. The molecule has 4 aliphatic carbocycles. The van der Waals surface area contributed by atoms with Crippen molar-refractivity contribution in [3.8, 4) is 16.9 Å². The molecule has 10 heteroatoms. The fourth-order valence-corrected chi connectivity index (χ4v) is 8.57. The minimum Gasteiger partial charge on any atom is -0.496 e. The molecule has 50 heavy (non-hydrogen) atoms. The first kappa shape index (κ1) is 36.0. The topological polar surface area (TPSA) is 119 Å². The highest BCUT2D eigenvalue weighted by atomic mass is 16.5. The molecule has 3 aromatic rings. The highest BCUT2D eigenvalue weighted by molar-refractivity contribution is 5.95. The molecule has 2 bridgehead atoms. The Hall–Kier alpha value is -3.76. The Labute approximate surface area is 296 Å². The number of hydrogen-bond acceptors (Lipinski definition) is 7. The fourth-order valence-electron chi connectivity index (χ4n) is 8.57. The summed E-state index contributed by atoms with van der Waals surface area (Å²) in [5.74, 6) is 1.53. The Bertz CT molecular complexity index is 1600. The number of amides is 2. The van der Waals surface area contributed by atoms with E-state index in [1.165, 1.54) is 11.1 Å². The number of rotatable bonds is 14. The van der Waals surface area contributed by atoms with Crippen molar-refractivity contribution in [2.75, 3.05) is 38.4 Å². The standard InChI is InChI=1S/C40H55N5O5/c1-28(2)45-25-32(24-42-45)31-12-19-41-36(23-31)44(38(48)30-6-9-34(10-7-30)43-37(47)26-50-21-5-20-46)27-39-13-16-40(17-14-39,18-15-39)33-8-11-35(49-4)29(3)22-33/h8,11-12,19,22-25,28,30,34,46H,5-7,9-10,13-18,20-21,26-27H2,1-4H3,(H,43,47). The molecule has 7 rings (SSSR count). The number of nitrogens with zero attached hydrogens (tertiary/aromatic N) is 4. The molecule has 0 spiro atoms. The van der Waals surface area contributed by atoms with Gasteiger partial charge in [-0.2, -0.15) is 5.10 Å². The van der Waals surface area contributed by atoms with Gasteiger partial charge in [0.1, 0.15) is 18.2 Å². The molecule has 1 aromatic carbocycles. The summed E-state index contributed by atoms with van der Waals surface area (Å²) in [5.41, 5.74) is 4.87. The first-order chi connectivity index (χ1) is 24.1. The normalized spacial score (nSPS) is 24.7. The Balaban J connectivity index is 1.18. The van der Waals surface area contributed by atoms with Crippen LogP contribution in [0, 0.1) is 18.3 Å². The zero-order valence-electron chi connectivity index (χ0n) is 30.3. The number of aryl methyl sites for hydroxylation is 1. The van der Waals surface area contributed by atoms with Crippen molar-refractivity contribution in [3.63, 3.8) is 0 Å². The Morgan fingerprint density at radius 2 is 1.78 bits per heavy atom. The van der Waals surface area contributed by atoms with Crippen molar-refractivity contribution in [2.24, 2.45) is 11.3 Å². The zero-order chi connectivity index (χ0) is 35.3. The number of ether oxygens (including phenoxy) is 2. The van der Waals surface area contributed by atoms with Crippen LogP contribution in [0.2, 0.25) is 0 Å². The van der Waals surface area contributed by atoms with Gasteiger partial charge < -0.3 is 19.9 Å². The highest BCUT2D eigenvalue weighted by Gasteiger charge is 2.51. The maximum absolute atomic E-state index is 14.6. The summed E-state index contributed by atoms with van der Waals surface area (Å²) < 4.78 is 12.9. The molecule has 2 amide bonds. The van der Waals surface area contributed by atoms with Gasteiger partial charge in [0.25, 0.3) is 0 Å². The molecule has 0 aliphatic heterocycles. The first-order valence-corrected chi connectivity index (χ1v) is 18.6. The predicted molar refractivity (Wildman–Crippen MR) is 194 cm³/mol. The molecule has 4 aliphatic rings. The lowest BCUT2D eigenvalue weighted by atomic mass is 9.51. The van der Waals surface area contributed by atoms with Gasteiger partial charge in [-0.05, 0) is 137 Å². The number of nitrogens with one attached hydrogen (secondary N) is 1. The van der Waals surface area contributed by atoms with E-state index in [1.54, 1.807) is 7.11 Å². The van der Waals surface area contributed by atoms with E-state index in [4.69, 9.17) is 19.6 Å². The van der Waals surface area contributed by atoms with Crippen molar-refractivity contribution in [1.82, 2.24) is 20.1 Å². The molecule has 4 fully saturated rings. The van der Waals surface area contributed by atoms with Crippen molar-refractivity contribution in [3.05, 3.63) is 60.0 Å². The SMILES string of the molecule is COc1ccc(C23CCC(CN(C(=O)C4CCC(NC(=O)COCCCO)CC4)c4cc(-c5cnn(C(C)C)c5)ccn4)(CC2)CC3)cc1C. The third-order valence-corrected chi connectivity index (χ3v) is 11.8. The number of carbonyl (C=O) groups is 2. The Morgan fingerprint density at radius 1 is 1.04 bits per heavy atom. The van der Waals surface area contributed by atoms with Gasteiger partial charge in [-0.1, -0.05) is 12.1 Å². The number of carbonyl (C=O) groups excluding carboxylic acids is 2. The van der Waals surface area contributed by atoms with Gasteiger partial charge in [-0.15, -0.1) is 0 Å². The molecule has 4 saturated carbocycles. The minimum absolute atomic E-state index is 0.00778. The number of aliphatic hydroxyl groups is 1. The van der Waals surface area contributed by atoms with E-state index < -0.39 is 0 Å². The molecular formula is C40H55N5O5. The predicted octanol–water partition coefficient (Wildman–Crippen LogP) is 6.54. The summed E-state index contributed by atoms with van der Waals surface area (Å²) in [4.78, 5) is 33.9. The van der Waals surface area contributed by atoms with Crippen LogP contribution in [0.1, 0.15) is 102 Å². The fraction of sp³-hybridized carbons (Fsp3) is 0.600. The van der Waals surface area contributed by atoms with Crippen molar-refractivity contribution in [1.29, 1.82) is 0 Å². The van der Waals surface area contributed by atoms with Crippen LogP contribution in [0.3, 0.4) is 0 Å². The molecule has 270 valence electrons. The maximum atomic E-state index is 14.6. The van der Waals surface area contributed by atoms with Crippen LogP contribution in [0.5, 0.6) is 5.75 Å². The third kappa shape index (κ3) is 7.91. The van der Waals surface area contributed by atoms with Crippen LogP contribution in [0.25, 0.3) is 11.1 Å². The average Bonchev–Trinajstić information content (AvgIpc) is 3.65. The molecular weight excluding hydrogens is 630 g/mol. The lowest BCUT2D eigenvalue weighted by Gasteiger charge is -2.55. The first-order valence-electron chi connectivity index (χ1n) is 18.6. The van der Waals surface area contributed by atoms with Gasteiger partial charge in [0.15, 0.2) is 0 Å². The molecule has 2 aromatic heterocycles. The second kappa shape index (κ2) is 15.6. The number of benzene rings is 1. The lowest BCUT2D eigenvalue weighted by molar-refractivity contribution is -0.127. The van der Waals surface area contributed by atoms with E-state index in [9.17, 15) is 9.59 Å². The lowest BCUT2D eigenvalue weighted by Crippen LogP contribution is -2.52. The second-order valence-corrected chi connectivity index (χ2v) is 15.3. The smallest absolute Gasteiger partial charge is 0.246 e. The zero-order valence-corrected chi connectivity index (χ0v) is 30.3. The van der Waals surface area contributed by atoms with E-state index >= 15 is 0 Å². The van der Waals surface area contributed by atoms with Crippen molar-refractivity contribution < 1.29 is 24.2 Å². The van der Waals surface area contributed by atoms with Crippen molar-refractivity contribution >= 4 is 17.6 Å². The van der Waals surface area contributed by atoms with Crippen molar-refractivity contribution in [2.45, 2.75) is 109 Å². The van der Waals surface area contributed by atoms with Gasteiger partial charge in [0.2, 0.25) is 11.8 Å². The maximum Gasteiger partial charge on any atom is 0.246 e. The molecule has 0 atom stereocenters. The van der Waals surface area contributed by atoms with Crippen LogP contribution in [-0.2, 0) is 19.7 Å². The van der Waals surface area contributed by atoms with Crippen LogP contribution < -0.4 is 15.0 Å². The largest absolute Gasteiger partial charge is 0.496 e. The summed E-state index contributed by atoms with van der Waals surface area (Å²) in [6, 6.07) is 11.1. The molecule has 0 saturated heterocycles. The van der Waals surface area contributed by atoms with E-state index in [2.05, 4.69) is 61.6 Å². The number of fused-ring (bicyclic) bond motifs is 3. The number of aromatic nitrogens is 3.